The van der Waals surface area contributed by atoms with E-state index in [1.54, 1.807) is 0 Å². The minimum Gasteiger partial charge on any atom is -0.345 e. The van der Waals surface area contributed by atoms with Crippen LogP contribution in [0.25, 0.3) is 33.2 Å². The first-order valence-electron chi connectivity index (χ1n) is 10.1. The summed E-state index contributed by atoms with van der Waals surface area (Å²) in [6.07, 6.45) is 0. The molecule has 0 saturated carbocycles. The van der Waals surface area contributed by atoms with Crippen molar-refractivity contribution in [2.75, 3.05) is 0 Å². The number of aryl methyl sites for hydroxylation is 1. The van der Waals surface area contributed by atoms with Gasteiger partial charge in [-0.05, 0) is 65.6 Å². The average molecular weight is 408 g/mol. The number of hydrogen-bond donors (Lipinski definition) is 1. The van der Waals surface area contributed by atoms with Crippen molar-refractivity contribution in [2.24, 2.45) is 0 Å². The zero-order valence-electron chi connectivity index (χ0n) is 17.2. The Hall–Kier alpha value is -4.06. The van der Waals surface area contributed by atoms with Gasteiger partial charge in [0.2, 0.25) is 0 Å². The minimum atomic E-state index is -0.212. The maximum Gasteiger partial charge on any atom is 0.252 e. The molecule has 2 heterocycles. The van der Waals surface area contributed by atoms with E-state index in [-0.39, 0.29) is 11.9 Å². The number of hydrogen-bond acceptors (Lipinski definition) is 5. The Morgan fingerprint density at radius 1 is 0.903 bits per heavy atom. The van der Waals surface area contributed by atoms with Crippen LogP contribution >= 0.6 is 0 Å². The fraction of sp³-hybridized carbons (Fsp3) is 0.120. The van der Waals surface area contributed by atoms with Gasteiger partial charge in [0.05, 0.1) is 17.3 Å². The van der Waals surface area contributed by atoms with Crippen LogP contribution in [0.3, 0.4) is 0 Å². The maximum absolute atomic E-state index is 12.9. The van der Waals surface area contributed by atoms with Crippen LogP contribution in [0.5, 0.6) is 0 Å². The number of nitrogens with one attached hydrogen (secondary N) is 1. The molecule has 0 aliphatic heterocycles. The molecule has 1 atom stereocenters. The Labute approximate surface area is 178 Å². The lowest BCUT2D eigenvalue weighted by atomic mass is 9.98. The second-order valence-corrected chi connectivity index (χ2v) is 7.59. The number of nitrogens with zero attached hydrogens (tertiary/aromatic N) is 3. The third-order valence-corrected chi connectivity index (χ3v) is 5.50. The molecule has 0 fully saturated rings. The van der Waals surface area contributed by atoms with Crippen molar-refractivity contribution in [3.63, 3.8) is 0 Å². The van der Waals surface area contributed by atoms with Crippen molar-refractivity contribution in [1.82, 2.24) is 20.6 Å². The van der Waals surface area contributed by atoms with E-state index in [0.717, 1.165) is 33.3 Å². The summed E-state index contributed by atoms with van der Waals surface area (Å²) in [5.41, 5.74) is 6.58. The Morgan fingerprint density at radius 2 is 1.68 bits per heavy atom. The number of carbonyl (C=O) groups excluding carboxylic acids is 1. The van der Waals surface area contributed by atoms with E-state index in [2.05, 4.69) is 15.6 Å². The van der Waals surface area contributed by atoms with Crippen LogP contribution in [0.15, 0.2) is 77.4 Å². The maximum atomic E-state index is 12.9. The molecule has 5 aromatic rings. The summed E-state index contributed by atoms with van der Waals surface area (Å²) in [4.78, 5) is 17.7. The molecule has 0 radical (unpaired) electrons. The van der Waals surface area contributed by atoms with Crippen LogP contribution in [-0.2, 0) is 0 Å². The van der Waals surface area contributed by atoms with Crippen LogP contribution in [0.4, 0.5) is 0 Å². The van der Waals surface area contributed by atoms with Gasteiger partial charge in [-0.2, -0.15) is 0 Å². The number of rotatable bonds is 4. The van der Waals surface area contributed by atoms with E-state index < -0.39 is 0 Å². The first-order chi connectivity index (χ1) is 15.1. The fourth-order valence-corrected chi connectivity index (χ4v) is 3.83. The van der Waals surface area contributed by atoms with Crippen LogP contribution in [-0.4, -0.2) is 21.2 Å². The van der Waals surface area contributed by atoms with Crippen molar-refractivity contribution in [2.45, 2.75) is 19.9 Å². The van der Waals surface area contributed by atoms with Crippen molar-refractivity contribution in [3.05, 3.63) is 89.5 Å². The highest BCUT2D eigenvalue weighted by atomic mass is 16.6. The summed E-state index contributed by atoms with van der Waals surface area (Å²) in [6, 6.07) is 23.1. The summed E-state index contributed by atoms with van der Waals surface area (Å²) >= 11 is 0. The Kier molecular flexibility index (Phi) is 4.67. The number of carbonyl (C=O) groups is 1. The third-order valence-electron chi connectivity index (χ3n) is 5.50. The van der Waals surface area contributed by atoms with Gasteiger partial charge in [-0.15, -0.1) is 0 Å². The van der Waals surface area contributed by atoms with E-state index in [1.807, 2.05) is 86.6 Å². The Bertz CT molecular complexity index is 1420. The molecule has 1 unspecified atom stereocenters. The number of pyridine rings is 1. The Morgan fingerprint density at radius 3 is 2.55 bits per heavy atom. The molecule has 0 bridgehead atoms. The molecule has 3 aromatic carbocycles. The first kappa shape index (κ1) is 18.9. The summed E-state index contributed by atoms with van der Waals surface area (Å²) in [5, 5.41) is 12.0. The van der Waals surface area contributed by atoms with Gasteiger partial charge in [-0.25, -0.2) is 9.61 Å². The SMILES string of the molecule is Cc1ccccc1C(=O)NC(C)c1cc(-c2ccc3nonc3c2)nc2ccccc12. The lowest BCUT2D eigenvalue weighted by Gasteiger charge is -2.18. The largest absolute Gasteiger partial charge is 0.345 e. The van der Waals surface area contributed by atoms with Gasteiger partial charge >= 0.3 is 0 Å². The monoisotopic (exact) mass is 408 g/mol. The van der Waals surface area contributed by atoms with Crippen molar-refractivity contribution in [3.8, 4) is 11.3 Å². The second kappa shape index (κ2) is 7.65. The highest BCUT2D eigenvalue weighted by Crippen LogP contribution is 2.30. The van der Waals surface area contributed by atoms with Crippen LogP contribution in [0.2, 0.25) is 0 Å². The van der Waals surface area contributed by atoms with Gasteiger partial charge in [-0.1, -0.05) is 42.5 Å². The summed E-state index contributed by atoms with van der Waals surface area (Å²) in [6.45, 7) is 3.93. The average Bonchev–Trinajstić information content (AvgIpc) is 3.26. The lowest BCUT2D eigenvalue weighted by Crippen LogP contribution is -2.27. The van der Waals surface area contributed by atoms with E-state index in [0.29, 0.717) is 16.6 Å². The smallest absolute Gasteiger partial charge is 0.252 e. The van der Waals surface area contributed by atoms with E-state index in [9.17, 15) is 4.79 Å². The van der Waals surface area contributed by atoms with Gasteiger partial charge in [0, 0.05) is 16.5 Å². The molecule has 1 amide bonds. The number of fused-ring (bicyclic) bond motifs is 2. The fourth-order valence-electron chi connectivity index (χ4n) is 3.83. The highest BCUT2D eigenvalue weighted by Gasteiger charge is 2.17. The number of para-hydroxylation sites is 1. The van der Waals surface area contributed by atoms with Crippen molar-refractivity contribution in [1.29, 1.82) is 0 Å². The molecule has 0 spiro atoms. The zero-order chi connectivity index (χ0) is 21.4. The first-order valence-corrected chi connectivity index (χ1v) is 10.1. The topological polar surface area (TPSA) is 80.9 Å². The van der Waals surface area contributed by atoms with E-state index >= 15 is 0 Å². The normalized spacial score (nSPS) is 12.2. The second-order valence-electron chi connectivity index (χ2n) is 7.59. The van der Waals surface area contributed by atoms with Gasteiger partial charge in [-0.3, -0.25) is 4.79 Å². The summed E-state index contributed by atoms with van der Waals surface area (Å²) in [7, 11) is 0. The molecule has 0 aliphatic carbocycles. The number of amides is 1. The molecule has 1 N–H and O–H groups in total. The summed E-state index contributed by atoms with van der Waals surface area (Å²) in [5.74, 6) is -0.0943. The quantitative estimate of drug-likeness (QED) is 0.440. The van der Waals surface area contributed by atoms with Crippen LogP contribution in [0, 0.1) is 6.92 Å². The minimum absolute atomic E-state index is 0.0943. The molecular formula is C25H20N4O2. The van der Waals surface area contributed by atoms with Crippen LogP contribution < -0.4 is 5.32 Å². The van der Waals surface area contributed by atoms with Crippen molar-refractivity contribution < 1.29 is 9.42 Å². The molecule has 6 nitrogen and oxygen atoms in total. The number of benzene rings is 3. The predicted molar refractivity (Wildman–Crippen MR) is 120 cm³/mol. The highest BCUT2D eigenvalue weighted by molar-refractivity contribution is 5.96. The summed E-state index contributed by atoms with van der Waals surface area (Å²) < 4.78 is 4.82. The molecular weight excluding hydrogens is 388 g/mol. The van der Waals surface area contributed by atoms with E-state index in [4.69, 9.17) is 9.61 Å². The molecule has 152 valence electrons. The van der Waals surface area contributed by atoms with E-state index in [1.165, 1.54) is 0 Å². The van der Waals surface area contributed by atoms with Crippen LogP contribution in [0.1, 0.15) is 34.5 Å². The molecule has 0 saturated heterocycles. The molecule has 0 aliphatic rings. The predicted octanol–water partition coefficient (Wildman–Crippen LogP) is 5.24. The van der Waals surface area contributed by atoms with Gasteiger partial charge in [0.1, 0.15) is 11.0 Å². The zero-order valence-corrected chi connectivity index (χ0v) is 17.2. The lowest BCUT2D eigenvalue weighted by molar-refractivity contribution is 0.0939. The standard InChI is InChI=1S/C25H20N4O2/c1-15-7-3-4-8-18(15)25(30)26-16(2)20-14-23(27-21-10-6-5-9-19(20)21)17-11-12-22-24(13-17)29-31-28-22/h3-14,16H,1-2H3,(H,26,30). The molecule has 5 rings (SSSR count). The van der Waals surface area contributed by atoms with Gasteiger partial charge in [0.25, 0.3) is 5.91 Å². The number of aromatic nitrogens is 3. The molecule has 6 heteroatoms. The van der Waals surface area contributed by atoms with Crippen molar-refractivity contribution >= 4 is 27.8 Å². The third kappa shape index (κ3) is 3.53. The molecule has 31 heavy (non-hydrogen) atoms. The Balaban J connectivity index is 1.57. The molecule has 2 aromatic heterocycles. The van der Waals surface area contributed by atoms with Gasteiger partial charge < -0.3 is 5.32 Å². The van der Waals surface area contributed by atoms with Gasteiger partial charge in [0.15, 0.2) is 0 Å².